The zero-order valence-electron chi connectivity index (χ0n) is 19.8. The second-order valence-corrected chi connectivity index (χ2v) is 10.8. The molecule has 2 unspecified atom stereocenters. The fourth-order valence-electron chi connectivity index (χ4n) is 4.33. The number of ether oxygens (including phenoxy) is 2. The molecule has 1 N–H and O–H groups in total. The zero-order valence-corrected chi connectivity index (χ0v) is 19.8. The minimum Gasteiger partial charge on any atom is -0.489 e. The van der Waals surface area contributed by atoms with Crippen LogP contribution in [0.25, 0.3) is 0 Å². The fourth-order valence-corrected chi connectivity index (χ4v) is 4.33. The summed E-state index contributed by atoms with van der Waals surface area (Å²) in [5, 5.41) is 3.02. The Labute approximate surface area is 185 Å². The number of nitrogens with zero attached hydrogens (tertiary/aromatic N) is 1. The molecule has 0 aromatic heterocycles. The first-order valence-corrected chi connectivity index (χ1v) is 11.2. The van der Waals surface area contributed by atoms with E-state index in [1.165, 1.54) is 0 Å². The number of hydrogen-bond donors (Lipinski definition) is 1. The van der Waals surface area contributed by atoms with Gasteiger partial charge in [-0.05, 0) is 78.9 Å². The van der Waals surface area contributed by atoms with Crippen LogP contribution in [0.1, 0.15) is 61.3 Å². The minimum absolute atomic E-state index is 0.0882. The normalized spacial score (nSPS) is 26.5. The highest BCUT2D eigenvalue weighted by Gasteiger charge is 2.52. The van der Waals surface area contributed by atoms with Gasteiger partial charge in [-0.1, -0.05) is 6.07 Å². The van der Waals surface area contributed by atoms with Crippen molar-refractivity contribution in [1.29, 1.82) is 0 Å². The smallest absolute Gasteiger partial charge is 0.489 e. The Hall–Kier alpha value is -1.93. The van der Waals surface area contributed by atoms with Gasteiger partial charge in [-0.2, -0.15) is 0 Å². The van der Waals surface area contributed by atoms with E-state index in [2.05, 4.69) is 50.0 Å². The molecule has 7 nitrogen and oxygen atoms in total. The summed E-state index contributed by atoms with van der Waals surface area (Å²) in [4.78, 5) is 14.5. The molecule has 1 amide bonds. The van der Waals surface area contributed by atoms with E-state index >= 15 is 0 Å². The van der Waals surface area contributed by atoms with Crippen molar-refractivity contribution < 1.29 is 23.6 Å². The summed E-state index contributed by atoms with van der Waals surface area (Å²) in [6, 6.07) is 6.52. The van der Waals surface area contributed by atoms with Crippen LogP contribution in [0.4, 0.5) is 10.5 Å². The molecule has 2 fully saturated rings. The highest BCUT2D eigenvalue weighted by atomic mass is 16.7. The molecule has 3 aliphatic heterocycles. The van der Waals surface area contributed by atoms with Crippen LogP contribution in [0, 0.1) is 0 Å². The molecule has 8 heteroatoms. The van der Waals surface area contributed by atoms with E-state index in [-0.39, 0.29) is 29.4 Å². The highest BCUT2D eigenvalue weighted by molar-refractivity contribution is 6.62. The molecule has 1 aromatic carbocycles. The van der Waals surface area contributed by atoms with E-state index in [1.54, 1.807) is 0 Å². The van der Waals surface area contributed by atoms with E-state index in [9.17, 15) is 4.79 Å². The van der Waals surface area contributed by atoms with E-state index in [1.807, 2.05) is 26.8 Å². The molecule has 2 saturated heterocycles. The van der Waals surface area contributed by atoms with Gasteiger partial charge in [-0.15, -0.1) is 0 Å². The molecule has 4 rings (SSSR count). The number of hydrogen-bond acceptors (Lipinski definition) is 6. The summed E-state index contributed by atoms with van der Waals surface area (Å²) >= 11 is 0. The number of carbonyl (C=O) groups excluding carboxylic acids is 1. The van der Waals surface area contributed by atoms with Crippen molar-refractivity contribution in [3.8, 4) is 5.75 Å². The van der Waals surface area contributed by atoms with Gasteiger partial charge in [0.15, 0.2) is 0 Å². The Bertz CT molecular complexity index is 835. The summed E-state index contributed by atoms with van der Waals surface area (Å²) in [6.07, 6.45) is 1.35. The number of rotatable bonds is 2. The van der Waals surface area contributed by atoms with Crippen molar-refractivity contribution >= 4 is 24.4 Å². The number of piperidine rings is 1. The van der Waals surface area contributed by atoms with E-state index in [0.29, 0.717) is 6.61 Å². The van der Waals surface area contributed by atoms with Crippen molar-refractivity contribution in [2.45, 2.75) is 90.2 Å². The van der Waals surface area contributed by atoms with Crippen LogP contribution in [-0.4, -0.2) is 55.3 Å². The molecule has 0 spiro atoms. The molecular weight excluding hydrogens is 395 g/mol. The van der Waals surface area contributed by atoms with Gasteiger partial charge >= 0.3 is 13.2 Å². The predicted molar refractivity (Wildman–Crippen MR) is 121 cm³/mol. The number of benzene rings is 1. The number of nitrogens with one attached hydrogen (secondary N) is 1. The number of fused-ring (bicyclic) bond motifs is 3. The second kappa shape index (κ2) is 7.59. The summed E-state index contributed by atoms with van der Waals surface area (Å²) in [5.74, 6) is 0.863. The van der Waals surface area contributed by atoms with Crippen LogP contribution in [0.2, 0.25) is 0 Å². The van der Waals surface area contributed by atoms with E-state index < -0.39 is 12.7 Å². The van der Waals surface area contributed by atoms with Crippen molar-refractivity contribution in [2.24, 2.45) is 0 Å². The fraction of sp³-hybridized carbons (Fsp3) is 0.696. The zero-order chi connectivity index (χ0) is 22.6. The van der Waals surface area contributed by atoms with Gasteiger partial charge in [0.1, 0.15) is 18.0 Å². The van der Waals surface area contributed by atoms with Gasteiger partial charge in [0, 0.05) is 12.6 Å². The maximum absolute atomic E-state index is 12.1. The summed E-state index contributed by atoms with van der Waals surface area (Å²) < 4.78 is 23.9. The lowest BCUT2D eigenvalue weighted by Crippen LogP contribution is -2.54. The predicted octanol–water partition coefficient (Wildman–Crippen LogP) is 3.24. The first-order valence-electron chi connectivity index (χ1n) is 11.2. The summed E-state index contributed by atoms with van der Waals surface area (Å²) in [7, 11) is -0.402. The monoisotopic (exact) mass is 430 g/mol. The van der Waals surface area contributed by atoms with Crippen LogP contribution in [-0.2, 0) is 14.0 Å². The maximum atomic E-state index is 12.1. The summed E-state index contributed by atoms with van der Waals surface area (Å²) in [6.45, 7) is 15.3. The molecular formula is C23H35BN2O5. The molecule has 170 valence electrons. The van der Waals surface area contributed by atoms with Crippen LogP contribution >= 0.6 is 0 Å². The lowest BCUT2D eigenvalue weighted by atomic mass is 9.78. The largest absolute Gasteiger partial charge is 0.494 e. The molecule has 3 aliphatic rings. The van der Waals surface area contributed by atoms with Crippen molar-refractivity contribution in [2.75, 3.05) is 18.1 Å². The van der Waals surface area contributed by atoms with Crippen LogP contribution in [0.3, 0.4) is 0 Å². The quantitative estimate of drug-likeness (QED) is 0.727. The van der Waals surface area contributed by atoms with Crippen LogP contribution < -0.4 is 20.4 Å². The van der Waals surface area contributed by atoms with Gasteiger partial charge in [0.25, 0.3) is 0 Å². The first kappa shape index (κ1) is 22.3. The third kappa shape index (κ3) is 4.51. The SMILES string of the molecule is CC(C)(C)OC(=O)NC1CCN2c3ccc(B4OC(C)(C)C(C)(C)O4)cc3OCC2C1. The van der Waals surface area contributed by atoms with Gasteiger partial charge in [-0.25, -0.2) is 4.79 Å². The van der Waals surface area contributed by atoms with Gasteiger partial charge in [0.2, 0.25) is 0 Å². The van der Waals surface area contributed by atoms with Gasteiger partial charge in [-0.3, -0.25) is 0 Å². The molecule has 0 saturated carbocycles. The van der Waals surface area contributed by atoms with Crippen LogP contribution in [0.15, 0.2) is 18.2 Å². The molecule has 2 atom stereocenters. The van der Waals surface area contributed by atoms with Crippen LogP contribution in [0.5, 0.6) is 5.75 Å². The standard InChI is InChI=1S/C23H35BN2O5/c1-21(2,3)29-20(27)25-16-10-11-26-17(13-16)14-28-19-12-15(8-9-18(19)26)24-30-22(4,5)23(6,7)31-24/h8-9,12,16-17H,10-11,13-14H2,1-7H3,(H,25,27). The lowest BCUT2D eigenvalue weighted by molar-refractivity contribution is 0.00578. The molecule has 1 aromatic rings. The van der Waals surface area contributed by atoms with Crippen molar-refractivity contribution in [1.82, 2.24) is 5.32 Å². The van der Waals surface area contributed by atoms with E-state index in [0.717, 1.165) is 36.3 Å². The van der Waals surface area contributed by atoms with E-state index in [4.69, 9.17) is 18.8 Å². The Morgan fingerprint density at radius 2 is 1.87 bits per heavy atom. The third-order valence-electron chi connectivity index (χ3n) is 6.69. The topological polar surface area (TPSA) is 69.3 Å². The third-order valence-corrected chi connectivity index (χ3v) is 6.69. The van der Waals surface area contributed by atoms with Gasteiger partial charge in [0.05, 0.1) is 22.9 Å². The molecule has 0 bridgehead atoms. The Balaban J connectivity index is 1.42. The summed E-state index contributed by atoms with van der Waals surface area (Å²) in [5.41, 5.74) is 0.821. The lowest BCUT2D eigenvalue weighted by Gasteiger charge is -2.44. The van der Waals surface area contributed by atoms with Crippen molar-refractivity contribution in [3.05, 3.63) is 18.2 Å². The Morgan fingerprint density at radius 3 is 2.52 bits per heavy atom. The second-order valence-electron chi connectivity index (χ2n) is 10.8. The molecule has 3 heterocycles. The average Bonchev–Trinajstić information content (AvgIpc) is 2.86. The number of amides is 1. The Kier molecular flexibility index (Phi) is 5.45. The number of alkyl carbamates (subject to hydrolysis) is 1. The first-order chi connectivity index (χ1) is 14.3. The number of carbonyl (C=O) groups is 1. The highest BCUT2D eigenvalue weighted by Crippen LogP contribution is 2.39. The average molecular weight is 430 g/mol. The molecule has 0 radical (unpaired) electrons. The van der Waals surface area contributed by atoms with Crippen molar-refractivity contribution in [3.63, 3.8) is 0 Å². The molecule has 0 aliphatic carbocycles. The Morgan fingerprint density at radius 1 is 1.19 bits per heavy atom. The number of anilines is 1. The minimum atomic E-state index is -0.493. The maximum Gasteiger partial charge on any atom is 0.494 e. The van der Waals surface area contributed by atoms with Gasteiger partial charge < -0.3 is 29.0 Å². The molecule has 31 heavy (non-hydrogen) atoms.